The summed E-state index contributed by atoms with van der Waals surface area (Å²) < 4.78 is 24.4. The van der Waals surface area contributed by atoms with Crippen LogP contribution in [-0.2, 0) is 0 Å². The van der Waals surface area contributed by atoms with Gasteiger partial charge in [-0.05, 0) is 22.0 Å². The number of nitrogens with zero attached hydrogens (tertiary/aromatic N) is 1. The van der Waals surface area contributed by atoms with Crippen LogP contribution in [0.2, 0.25) is 5.02 Å². The third-order valence-corrected chi connectivity index (χ3v) is 2.26. The van der Waals surface area contributed by atoms with Crippen LogP contribution in [0.3, 0.4) is 0 Å². The Morgan fingerprint density at radius 1 is 1.62 bits per heavy atom. The molecule has 1 aromatic rings. The molecule has 0 aromatic carbocycles. The van der Waals surface area contributed by atoms with Crippen molar-refractivity contribution in [1.29, 1.82) is 0 Å². The molecule has 0 aliphatic heterocycles. The number of carbonyl (C=O) groups is 1. The lowest BCUT2D eigenvalue weighted by atomic mass is 10.3. The standard InChI is InChI=1S/C7H3BrClF2NO/c8-6-3(2-13)1-4(9)5(12-6)7(10)11/h1-2,7H. The molecule has 0 aliphatic carbocycles. The fourth-order valence-electron chi connectivity index (χ4n) is 0.729. The number of halogens is 4. The number of aromatic nitrogens is 1. The van der Waals surface area contributed by atoms with Gasteiger partial charge >= 0.3 is 0 Å². The van der Waals surface area contributed by atoms with E-state index in [-0.39, 0.29) is 15.2 Å². The Bertz CT molecular complexity index is 346. The monoisotopic (exact) mass is 269 g/mol. The topological polar surface area (TPSA) is 30.0 Å². The fourth-order valence-corrected chi connectivity index (χ4v) is 1.37. The lowest BCUT2D eigenvalue weighted by Gasteiger charge is -2.03. The molecular formula is C7H3BrClF2NO. The molecule has 1 heterocycles. The van der Waals surface area contributed by atoms with E-state index in [1.165, 1.54) is 0 Å². The molecule has 0 bridgehead atoms. The van der Waals surface area contributed by atoms with Crippen molar-refractivity contribution in [3.05, 3.63) is 26.9 Å². The second-order valence-electron chi connectivity index (χ2n) is 2.15. The van der Waals surface area contributed by atoms with E-state index in [4.69, 9.17) is 11.6 Å². The molecule has 0 atom stereocenters. The lowest BCUT2D eigenvalue weighted by Crippen LogP contribution is -1.96. The molecule has 0 unspecified atom stereocenters. The van der Waals surface area contributed by atoms with E-state index in [1.54, 1.807) is 0 Å². The molecule has 0 fully saturated rings. The Hall–Kier alpha value is -0.550. The SMILES string of the molecule is O=Cc1cc(Cl)c(C(F)F)nc1Br. The van der Waals surface area contributed by atoms with Crippen molar-refractivity contribution in [1.82, 2.24) is 4.98 Å². The number of rotatable bonds is 2. The molecule has 6 heteroatoms. The van der Waals surface area contributed by atoms with E-state index in [0.717, 1.165) is 6.07 Å². The van der Waals surface area contributed by atoms with Crippen LogP contribution >= 0.6 is 27.5 Å². The van der Waals surface area contributed by atoms with Crippen LogP contribution in [0.1, 0.15) is 22.5 Å². The van der Waals surface area contributed by atoms with Gasteiger partial charge in [-0.25, -0.2) is 13.8 Å². The van der Waals surface area contributed by atoms with Crippen LogP contribution in [0.5, 0.6) is 0 Å². The minimum atomic E-state index is -2.75. The van der Waals surface area contributed by atoms with E-state index in [1.807, 2.05) is 0 Å². The molecule has 2 nitrogen and oxygen atoms in total. The molecular weight excluding hydrogens is 267 g/mol. The smallest absolute Gasteiger partial charge is 0.281 e. The molecule has 1 aromatic heterocycles. The van der Waals surface area contributed by atoms with Crippen molar-refractivity contribution in [2.45, 2.75) is 6.43 Å². The minimum Gasteiger partial charge on any atom is -0.298 e. The van der Waals surface area contributed by atoms with Gasteiger partial charge in [-0.1, -0.05) is 11.6 Å². The average Bonchev–Trinajstić information content (AvgIpc) is 2.07. The van der Waals surface area contributed by atoms with E-state index >= 15 is 0 Å². The van der Waals surface area contributed by atoms with Crippen LogP contribution in [0.25, 0.3) is 0 Å². The number of alkyl halides is 2. The number of pyridine rings is 1. The highest BCUT2D eigenvalue weighted by molar-refractivity contribution is 9.10. The molecule has 0 aliphatic rings. The third kappa shape index (κ3) is 2.22. The maximum atomic E-state index is 12.2. The van der Waals surface area contributed by atoms with E-state index < -0.39 is 12.1 Å². The van der Waals surface area contributed by atoms with Gasteiger partial charge in [0.15, 0.2) is 6.29 Å². The average molecular weight is 270 g/mol. The Morgan fingerprint density at radius 2 is 2.23 bits per heavy atom. The van der Waals surface area contributed by atoms with Gasteiger partial charge in [-0.15, -0.1) is 0 Å². The van der Waals surface area contributed by atoms with Crippen LogP contribution in [0.4, 0.5) is 8.78 Å². The van der Waals surface area contributed by atoms with Gasteiger partial charge in [0.1, 0.15) is 10.3 Å². The molecule has 0 radical (unpaired) electrons. The first-order chi connectivity index (χ1) is 6.06. The van der Waals surface area contributed by atoms with Gasteiger partial charge in [0, 0.05) is 5.56 Å². The maximum Gasteiger partial charge on any atom is 0.281 e. The summed E-state index contributed by atoms with van der Waals surface area (Å²) in [5.41, 5.74) is -0.381. The lowest BCUT2D eigenvalue weighted by molar-refractivity contribution is 0.112. The molecule has 0 saturated heterocycles. The summed E-state index contributed by atoms with van der Waals surface area (Å²) in [5.74, 6) is 0. The second kappa shape index (κ2) is 4.11. The summed E-state index contributed by atoms with van der Waals surface area (Å²) in [5, 5.41) is -0.208. The molecule has 0 N–H and O–H groups in total. The largest absolute Gasteiger partial charge is 0.298 e. The molecule has 1 rings (SSSR count). The summed E-state index contributed by atoms with van der Waals surface area (Å²) in [7, 11) is 0. The normalized spacial score (nSPS) is 10.5. The first kappa shape index (κ1) is 10.5. The highest BCUT2D eigenvalue weighted by Crippen LogP contribution is 2.28. The highest BCUT2D eigenvalue weighted by Gasteiger charge is 2.16. The van der Waals surface area contributed by atoms with Crippen LogP contribution in [0.15, 0.2) is 10.7 Å². The molecule has 70 valence electrons. The Balaban J connectivity index is 3.28. The summed E-state index contributed by atoms with van der Waals surface area (Å²) in [6.45, 7) is 0. The second-order valence-corrected chi connectivity index (χ2v) is 3.31. The van der Waals surface area contributed by atoms with Crippen molar-refractivity contribution in [3.63, 3.8) is 0 Å². The van der Waals surface area contributed by atoms with E-state index in [2.05, 4.69) is 20.9 Å². The zero-order valence-corrected chi connectivity index (χ0v) is 8.44. The number of hydrogen-bond acceptors (Lipinski definition) is 2. The molecule has 0 spiro atoms. The number of carbonyl (C=O) groups excluding carboxylic acids is 1. The molecule has 0 amide bonds. The van der Waals surface area contributed by atoms with Crippen molar-refractivity contribution >= 4 is 33.8 Å². The van der Waals surface area contributed by atoms with Crippen molar-refractivity contribution in [3.8, 4) is 0 Å². The van der Waals surface area contributed by atoms with Crippen molar-refractivity contribution in [2.24, 2.45) is 0 Å². The maximum absolute atomic E-state index is 12.2. The first-order valence-electron chi connectivity index (χ1n) is 3.15. The van der Waals surface area contributed by atoms with Gasteiger partial charge in [-0.3, -0.25) is 4.79 Å². The van der Waals surface area contributed by atoms with Gasteiger partial charge in [0.2, 0.25) is 0 Å². The van der Waals surface area contributed by atoms with Crippen molar-refractivity contribution in [2.75, 3.05) is 0 Å². The van der Waals surface area contributed by atoms with Crippen LogP contribution < -0.4 is 0 Å². The van der Waals surface area contributed by atoms with Crippen LogP contribution in [-0.4, -0.2) is 11.3 Å². The summed E-state index contributed by atoms with van der Waals surface area (Å²) >= 11 is 8.33. The van der Waals surface area contributed by atoms with Gasteiger partial charge in [0.05, 0.1) is 5.02 Å². The van der Waals surface area contributed by atoms with Gasteiger partial charge in [-0.2, -0.15) is 0 Å². The van der Waals surface area contributed by atoms with E-state index in [0.29, 0.717) is 6.29 Å². The first-order valence-corrected chi connectivity index (χ1v) is 4.32. The highest BCUT2D eigenvalue weighted by atomic mass is 79.9. The van der Waals surface area contributed by atoms with Gasteiger partial charge < -0.3 is 0 Å². The van der Waals surface area contributed by atoms with Crippen LogP contribution in [0, 0.1) is 0 Å². The predicted octanol–water partition coefficient (Wildman–Crippen LogP) is 3.25. The summed E-state index contributed by atoms with van der Waals surface area (Å²) in [6, 6.07) is 1.15. The Morgan fingerprint density at radius 3 is 2.69 bits per heavy atom. The quantitative estimate of drug-likeness (QED) is 0.610. The Labute approximate surface area is 86.0 Å². The third-order valence-electron chi connectivity index (χ3n) is 1.32. The molecule has 13 heavy (non-hydrogen) atoms. The zero-order chi connectivity index (χ0) is 10.0. The number of aldehydes is 1. The molecule has 0 saturated carbocycles. The minimum absolute atomic E-state index is 0.0715. The Kier molecular flexibility index (Phi) is 3.33. The summed E-state index contributed by atoms with van der Waals surface area (Å²) in [6.07, 6.45) is -2.26. The predicted molar refractivity (Wildman–Crippen MR) is 47.3 cm³/mol. The fraction of sp³-hybridized carbons (Fsp3) is 0.143. The summed E-state index contributed by atoms with van der Waals surface area (Å²) in [4.78, 5) is 13.8. The zero-order valence-electron chi connectivity index (χ0n) is 6.10. The van der Waals surface area contributed by atoms with E-state index in [9.17, 15) is 13.6 Å². The number of hydrogen-bond donors (Lipinski definition) is 0. The van der Waals surface area contributed by atoms with Crippen molar-refractivity contribution < 1.29 is 13.6 Å². The van der Waals surface area contributed by atoms with Gasteiger partial charge in [0.25, 0.3) is 6.43 Å².